The number of likely N-dealkylation sites (N-methyl/N-ethyl adjacent to an activating group) is 1. The fraction of sp³-hybridized carbons (Fsp3) is 0.571. The molecule has 0 saturated carbocycles. The number of pyridine rings is 1. The van der Waals surface area contributed by atoms with Crippen LogP contribution in [0.1, 0.15) is 19.5 Å². The Morgan fingerprint density at radius 3 is 2.48 bits per heavy atom. The van der Waals surface area contributed by atoms with Crippen LogP contribution in [0.5, 0.6) is 0 Å². The maximum absolute atomic E-state index is 12.0. The van der Waals surface area contributed by atoms with Crippen molar-refractivity contribution in [1.29, 1.82) is 0 Å². The van der Waals surface area contributed by atoms with Gasteiger partial charge in [-0.15, -0.1) is 0 Å². The van der Waals surface area contributed by atoms with Crippen LogP contribution < -0.4 is 0 Å². The molecule has 1 heterocycles. The number of ether oxygens (including phenoxy) is 1. The lowest BCUT2D eigenvalue weighted by molar-refractivity contribution is 0.0111. The van der Waals surface area contributed by atoms with E-state index in [0.29, 0.717) is 13.0 Å². The third-order valence-electron chi connectivity index (χ3n) is 2.71. The van der Waals surface area contributed by atoms with Crippen molar-refractivity contribution in [1.82, 2.24) is 9.88 Å². The van der Waals surface area contributed by atoms with E-state index in [9.17, 15) is 9.36 Å². The van der Waals surface area contributed by atoms with Crippen molar-refractivity contribution in [2.45, 2.75) is 20.3 Å². The standard InChI is InChI=1S/C14H23N2O6P/c1-4-20-23(18,21-5-2)22-12-19-14(17)16(3)11-9-13-8-6-7-10-15-13/h6-8,10H,4-5,9,11-12H2,1-3H3. The van der Waals surface area contributed by atoms with E-state index in [1.807, 2.05) is 18.2 Å². The summed E-state index contributed by atoms with van der Waals surface area (Å²) in [5, 5.41) is 0. The van der Waals surface area contributed by atoms with Crippen LogP contribution in [0, 0.1) is 0 Å². The number of hydrogen-bond donors (Lipinski definition) is 0. The number of rotatable bonds is 10. The lowest BCUT2D eigenvalue weighted by atomic mass is 10.2. The summed E-state index contributed by atoms with van der Waals surface area (Å²) in [5.41, 5.74) is 0.876. The minimum Gasteiger partial charge on any atom is -0.422 e. The molecule has 0 N–H and O–H groups in total. The molecule has 0 aliphatic heterocycles. The number of amides is 1. The van der Waals surface area contributed by atoms with Gasteiger partial charge in [-0.1, -0.05) is 6.07 Å². The van der Waals surface area contributed by atoms with Crippen LogP contribution >= 0.6 is 7.82 Å². The van der Waals surface area contributed by atoms with Crippen molar-refractivity contribution in [3.63, 3.8) is 0 Å². The van der Waals surface area contributed by atoms with Gasteiger partial charge in [-0.3, -0.25) is 14.0 Å². The summed E-state index contributed by atoms with van der Waals surface area (Å²) in [6, 6.07) is 5.59. The Kier molecular flexibility index (Phi) is 8.79. The van der Waals surface area contributed by atoms with Crippen LogP contribution in [-0.2, 0) is 29.3 Å². The molecule has 0 radical (unpaired) electrons. The Morgan fingerprint density at radius 1 is 1.22 bits per heavy atom. The van der Waals surface area contributed by atoms with E-state index in [2.05, 4.69) is 4.98 Å². The normalized spacial score (nSPS) is 11.3. The lowest BCUT2D eigenvalue weighted by Gasteiger charge is -2.19. The second kappa shape index (κ2) is 10.3. The second-order valence-corrected chi connectivity index (χ2v) is 6.10. The van der Waals surface area contributed by atoms with E-state index >= 15 is 0 Å². The lowest BCUT2D eigenvalue weighted by Crippen LogP contribution is -2.30. The molecule has 0 saturated heterocycles. The minimum atomic E-state index is -3.67. The van der Waals surface area contributed by atoms with E-state index in [0.717, 1.165) is 5.69 Å². The molecule has 130 valence electrons. The maximum atomic E-state index is 12.0. The van der Waals surface area contributed by atoms with Crippen LogP contribution in [0.3, 0.4) is 0 Å². The van der Waals surface area contributed by atoms with Crippen molar-refractivity contribution in [3.05, 3.63) is 30.1 Å². The average Bonchev–Trinajstić information content (AvgIpc) is 2.54. The number of nitrogens with zero attached hydrogens (tertiary/aromatic N) is 2. The Hall–Kier alpha value is -1.47. The fourth-order valence-corrected chi connectivity index (χ4v) is 2.64. The molecule has 0 atom stereocenters. The number of aromatic nitrogens is 1. The largest absolute Gasteiger partial charge is 0.477 e. The topological polar surface area (TPSA) is 87.2 Å². The van der Waals surface area contributed by atoms with Crippen molar-refractivity contribution in [2.75, 3.05) is 33.6 Å². The maximum Gasteiger partial charge on any atom is 0.477 e. The van der Waals surface area contributed by atoms with Gasteiger partial charge in [0.2, 0.25) is 6.79 Å². The highest BCUT2D eigenvalue weighted by Crippen LogP contribution is 2.49. The highest BCUT2D eigenvalue weighted by Gasteiger charge is 2.26. The van der Waals surface area contributed by atoms with Crippen molar-refractivity contribution in [2.24, 2.45) is 0 Å². The van der Waals surface area contributed by atoms with E-state index in [1.165, 1.54) is 4.90 Å². The van der Waals surface area contributed by atoms with E-state index in [-0.39, 0.29) is 13.2 Å². The number of phosphoric acid groups is 1. The van der Waals surface area contributed by atoms with E-state index in [1.54, 1.807) is 27.1 Å². The number of phosphoric ester groups is 1. The number of carbonyl (C=O) groups is 1. The molecule has 23 heavy (non-hydrogen) atoms. The molecule has 9 heteroatoms. The van der Waals surface area contributed by atoms with Gasteiger partial charge < -0.3 is 9.64 Å². The van der Waals surface area contributed by atoms with Crippen molar-refractivity contribution >= 4 is 13.9 Å². The molecule has 0 aliphatic carbocycles. The predicted octanol–water partition coefficient (Wildman–Crippen LogP) is 2.85. The van der Waals surface area contributed by atoms with Crippen LogP contribution in [0.2, 0.25) is 0 Å². The molecular formula is C14H23N2O6P. The first-order valence-corrected chi connectivity index (χ1v) is 8.78. The molecule has 0 aliphatic rings. The molecule has 0 fully saturated rings. The van der Waals surface area contributed by atoms with Gasteiger partial charge in [-0.05, 0) is 26.0 Å². The quantitative estimate of drug-likeness (QED) is 0.475. The van der Waals surface area contributed by atoms with Crippen LogP contribution in [0.15, 0.2) is 24.4 Å². The zero-order valence-corrected chi connectivity index (χ0v) is 14.5. The Labute approximate surface area is 136 Å². The first kappa shape index (κ1) is 19.6. The summed E-state index contributed by atoms with van der Waals surface area (Å²) in [6.07, 6.45) is 1.70. The molecule has 0 aromatic carbocycles. The highest BCUT2D eigenvalue weighted by atomic mass is 31.2. The number of hydrogen-bond acceptors (Lipinski definition) is 7. The van der Waals surface area contributed by atoms with Crippen LogP contribution in [0.4, 0.5) is 4.79 Å². The summed E-state index contributed by atoms with van der Waals surface area (Å²) in [5.74, 6) is 0. The van der Waals surface area contributed by atoms with Gasteiger partial charge in [0.15, 0.2) is 0 Å². The van der Waals surface area contributed by atoms with Gasteiger partial charge in [-0.25, -0.2) is 13.9 Å². The molecule has 1 aromatic heterocycles. The Bertz CT molecular complexity index is 503. The average molecular weight is 346 g/mol. The van der Waals surface area contributed by atoms with Gasteiger partial charge in [0.1, 0.15) is 0 Å². The molecule has 0 unspecified atom stereocenters. The summed E-state index contributed by atoms with van der Waals surface area (Å²) in [6.45, 7) is 3.57. The fourth-order valence-electron chi connectivity index (χ4n) is 1.60. The third-order valence-corrected chi connectivity index (χ3v) is 4.28. The van der Waals surface area contributed by atoms with Gasteiger partial charge in [0.05, 0.1) is 13.2 Å². The SMILES string of the molecule is CCOP(=O)(OCC)OCOC(=O)N(C)CCc1ccccn1. The highest BCUT2D eigenvalue weighted by molar-refractivity contribution is 7.48. The van der Waals surface area contributed by atoms with Gasteiger partial charge in [-0.2, -0.15) is 0 Å². The zero-order chi connectivity index (χ0) is 17.1. The summed E-state index contributed by atoms with van der Waals surface area (Å²) in [4.78, 5) is 17.3. The second-order valence-electron chi connectivity index (χ2n) is 4.43. The van der Waals surface area contributed by atoms with Crippen LogP contribution in [0.25, 0.3) is 0 Å². The van der Waals surface area contributed by atoms with E-state index < -0.39 is 20.7 Å². The minimum absolute atomic E-state index is 0.162. The van der Waals surface area contributed by atoms with Crippen molar-refractivity contribution < 1.29 is 27.7 Å². The van der Waals surface area contributed by atoms with Crippen LogP contribution in [-0.4, -0.2) is 49.6 Å². The van der Waals surface area contributed by atoms with Gasteiger partial charge in [0, 0.05) is 31.9 Å². The predicted molar refractivity (Wildman–Crippen MR) is 83.9 cm³/mol. The molecular weight excluding hydrogens is 323 g/mol. The monoisotopic (exact) mass is 346 g/mol. The smallest absolute Gasteiger partial charge is 0.422 e. The Balaban J connectivity index is 2.33. The molecule has 1 aromatic rings. The summed E-state index contributed by atoms with van der Waals surface area (Å²) < 4.78 is 31.6. The first-order chi connectivity index (χ1) is 11.0. The first-order valence-electron chi connectivity index (χ1n) is 7.32. The molecule has 8 nitrogen and oxygen atoms in total. The molecule has 0 spiro atoms. The number of carbonyl (C=O) groups excluding carboxylic acids is 1. The molecule has 1 rings (SSSR count). The van der Waals surface area contributed by atoms with E-state index in [4.69, 9.17) is 18.3 Å². The third kappa shape index (κ3) is 7.56. The summed E-state index contributed by atoms with van der Waals surface area (Å²) in [7, 11) is -2.08. The Morgan fingerprint density at radius 2 is 1.91 bits per heavy atom. The van der Waals surface area contributed by atoms with Gasteiger partial charge >= 0.3 is 13.9 Å². The van der Waals surface area contributed by atoms with Gasteiger partial charge in [0.25, 0.3) is 0 Å². The zero-order valence-electron chi connectivity index (χ0n) is 13.6. The van der Waals surface area contributed by atoms with Crippen molar-refractivity contribution in [3.8, 4) is 0 Å². The summed E-state index contributed by atoms with van der Waals surface area (Å²) >= 11 is 0. The molecule has 0 bridgehead atoms. The molecule has 1 amide bonds.